The first-order valence-corrected chi connectivity index (χ1v) is 6.59. The van der Waals surface area contributed by atoms with Gasteiger partial charge in [-0.05, 0) is 26.4 Å². The Kier molecular flexibility index (Phi) is 9.30. The molecule has 0 fully saturated rings. The molecule has 0 aromatic rings. The van der Waals surface area contributed by atoms with Gasteiger partial charge in [-0.3, -0.25) is 9.69 Å². The predicted octanol–water partition coefficient (Wildman–Crippen LogP) is 3.19. The number of nitrogens with zero attached hydrogens (tertiary/aromatic N) is 1. The molecule has 0 saturated carbocycles. The number of hydrogen-bond acceptors (Lipinski definition) is 3. The minimum absolute atomic E-state index is 0.0597. The predicted molar refractivity (Wildman–Crippen MR) is 67.2 cm³/mol. The fourth-order valence-electron chi connectivity index (χ4n) is 1.76. The zero-order valence-electron chi connectivity index (χ0n) is 11.3. The van der Waals surface area contributed by atoms with Gasteiger partial charge in [-0.2, -0.15) is 0 Å². The number of ether oxygens (including phenoxy) is 1. The molecule has 0 aliphatic heterocycles. The first-order valence-electron chi connectivity index (χ1n) is 6.59. The maximum atomic E-state index is 11.5. The maximum absolute atomic E-state index is 11.5. The van der Waals surface area contributed by atoms with Crippen LogP contribution in [-0.2, 0) is 9.53 Å². The molecule has 0 spiro atoms. The van der Waals surface area contributed by atoms with Gasteiger partial charge >= 0.3 is 5.97 Å². The highest BCUT2D eigenvalue weighted by atomic mass is 16.6. The SMILES string of the molecule is CCCCCCC(=O)OC(C)N(CC)CC. The fourth-order valence-corrected chi connectivity index (χ4v) is 1.76. The Morgan fingerprint density at radius 2 is 1.75 bits per heavy atom. The molecule has 1 unspecified atom stereocenters. The van der Waals surface area contributed by atoms with E-state index < -0.39 is 0 Å². The average molecular weight is 229 g/mol. The summed E-state index contributed by atoms with van der Waals surface area (Å²) in [6, 6.07) is 0. The molecule has 0 amide bonds. The van der Waals surface area contributed by atoms with Gasteiger partial charge in [0.05, 0.1) is 0 Å². The van der Waals surface area contributed by atoms with Gasteiger partial charge in [0.2, 0.25) is 0 Å². The van der Waals surface area contributed by atoms with Crippen LogP contribution in [0.15, 0.2) is 0 Å². The van der Waals surface area contributed by atoms with E-state index in [1.807, 2.05) is 6.92 Å². The third-order valence-electron chi connectivity index (χ3n) is 2.86. The van der Waals surface area contributed by atoms with E-state index in [0.29, 0.717) is 6.42 Å². The van der Waals surface area contributed by atoms with Gasteiger partial charge < -0.3 is 4.74 Å². The highest BCUT2D eigenvalue weighted by molar-refractivity contribution is 5.69. The van der Waals surface area contributed by atoms with E-state index in [1.165, 1.54) is 12.8 Å². The van der Waals surface area contributed by atoms with Crippen LogP contribution < -0.4 is 0 Å². The van der Waals surface area contributed by atoms with Gasteiger partial charge in [-0.15, -0.1) is 0 Å². The number of carbonyl (C=O) groups excluding carboxylic acids is 1. The van der Waals surface area contributed by atoms with Crippen molar-refractivity contribution in [2.24, 2.45) is 0 Å². The molecule has 16 heavy (non-hydrogen) atoms. The van der Waals surface area contributed by atoms with Crippen molar-refractivity contribution < 1.29 is 9.53 Å². The molecule has 0 radical (unpaired) electrons. The van der Waals surface area contributed by atoms with Crippen LogP contribution in [0.2, 0.25) is 0 Å². The lowest BCUT2D eigenvalue weighted by molar-refractivity contribution is -0.157. The number of rotatable bonds is 9. The van der Waals surface area contributed by atoms with E-state index in [4.69, 9.17) is 4.74 Å². The first-order chi connectivity index (χ1) is 7.65. The number of esters is 1. The van der Waals surface area contributed by atoms with Gasteiger partial charge in [0.15, 0.2) is 6.23 Å². The van der Waals surface area contributed by atoms with Crippen molar-refractivity contribution in [2.45, 2.75) is 66.0 Å². The summed E-state index contributed by atoms with van der Waals surface area (Å²) >= 11 is 0. The van der Waals surface area contributed by atoms with Crippen LogP contribution in [0.25, 0.3) is 0 Å². The Morgan fingerprint density at radius 1 is 1.12 bits per heavy atom. The third-order valence-corrected chi connectivity index (χ3v) is 2.86. The Morgan fingerprint density at radius 3 is 2.25 bits per heavy atom. The second-order valence-corrected chi connectivity index (χ2v) is 4.12. The van der Waals surface area contributed by atoms with Crippen molar-refractivity contribution in [3.05, 3.63) is 0 Å². The molecule has 0 aromatic carbocycles. The average Bonchev–Trinajstić information content (AvgIpc) is 2.26. The Balaban J connectivity index is 3.68. The molecular weight excluding hydrogens is 202 g/mol. The first kappa shape index (κ1) is 15.4. The van der Waals surface area contributed by atoms with Gasteiger partial charge in [0.25, 0.3) is 0 Å². The standard InChI is InChI=1S/C13H27NO2/c1-5-8-9-10-11-13(15)16-12(4)14(6-2)7-3/h12H,5-11H2,1-4H3. The molecule has 1 atom stereocenters. The lowest BCUT2D eigenvalue weighted by Gasteiger charge is -2.25. The molecule has 0 bridgehead atoms. The molecule has 3 nitrogen and oxygen atoms in total. The van der Waals surface area contributed by atoms with Gasteiger partial charge in [-0.25, -0.2) is 0 Å². The second-order valence-electron chi connectivity index (χ2n) is 4.12. The van der Waals surface area contributed by atoms with E-state index in [0.717, 1.165) is 25.9 Å². The zero-order valence-corrected chi connectivity index (χ0v) is 11.3. The van der Waals surface area contributed by atoms with Crippen LogP contribution in [-0.4, -0.2) is 30.2 Å². The van der Waals surface area contributed by atoms with Crippen LogP contribution in [0.1, 0.15) is 59.8 Å². The van der Waals surface area contributed by atoms with E-state index in [-0.39, 0.29) is 12.2 Å². The summed E-state index contributed by atoms with van der Waals surface area (Å²) in [5, 5.41) is 0. The van der Waals surface area contributed by atoms with E-state index in [9.17, 15) is 4.79 Å². The van der Waals surface area contributed by atoms with Crippen LogP contribution in [0.3, 0.4) is 0 Å². The molecular formula is C13H27NO2. The molecule has 0 heterocycles. The summed E-state index contributed by atoms with van der Waals surface area (Å²) in [6.45, 7) is 10.1. The zero-order chi connectivity index (χ0) is 12.4. The van der Waals surface area contributed by atoms with Crippen molar-refractivity contribution in [1.29, 1.82) is 0 Å². The van der Waals surface area contributed by atoms with E-state index in [2.05, 4.69) is 25.7 Å². The summed E-state index contributed by atoms with van der Waals surface area (Å²) in [4.78, 5) is 13.6. The molecule has 0 saturated heterocycles. The van der Waals surface area contributed by atoms with E-state index >= 15 is 0 Å². The Hall–Kier alpha value is -0.570. The molecule has 0 rings (SSSR count). The normalized spacial score (nSPS) is 12.8. The number of hydrogen-bond donors (Lipinski definition) is 0. The van der Waals surface area contributed by atoms with Crippen molar-refractivity contribution in [3.8, 4) is 0 Å². The van der Waals surface area contributed by atoms with Gasteiger partial charge in [-0.1, -0.05) is 40.0 Å². The van der Waals surface area contributed by atoms with Crippen LogP contribution in [0.5, 0.6) is 0 Å². The minimum Gasteiger partial charge on any atom is -0.447 e. The van der Waals surface area contributed by atoms with Crippen LogP contribution in [0.4, 0.5) is 0 Å². The highest BCUT2D eigenvalue weighted by Gasteiger charge is 2.14. The quantitative estimate of drug-likeness (QED) is 0.345. The second kappa shape index (κ2) is 9.64. The summed E-state index contributed by atoms with van der Waals surface area (Å²) in [6.07, 6.45) is 4.96. The largest absolute Gasteiger partial charge is 0.447 e. The van der Waals surface area contributed by atoms with Gasteiger partial charge in [0, 0.05) is 6.42 Å². The summed E-state index contributed by atoms with van der Waals surface area (Å²) in [5.41, 5.74) is 0. The summed E-state index contributed by atoms with van der Waals surface area (Å²) in [7, 11) is 0. The van der Waals surface area contributed by atoms with Crippen molar-refractivity contribution in [3.63, 3.8) is 0 Å². The monoisotopic (exact) mass is 229 g/mol. The van der Waals surface area contributed by atoms with E-state index in [1.54, 1.807) is 0 Å². The Bertz CT molecular complexity index is 179. The maximum Gasteiger partial charge on any atom is 0.307 e. The van der Waals surface area contributed by atoms with Crippen molar-refractivity contribution in [2.75, 3.05) is 13.1 Å². The molecule has 0 aromatic heterocycles. The topological polar surface area (TPSA) is 29.5 Å². The summed E-state index contributed by atoms with van der Waals surface area (Å²) < 4.78 is 5.36. The molecule has 0 aliphatic rings. The fraction of sp³-hybridized carbons (Fsp3) is 0.923. The number of unbranched alkanes of at least 4 members (excludes halogenated alkanes) is 3. The van der Waals surface area contributed by atoms with Crippen LogP contribution in [0, 0.1) is 0 Å². The lowest BCUT2D eigenvalue weighted by atomic mass is 10.2. The molecule has 0 N–H and O–H groups in total. The smallest absolute Gasteiger partial charge is 0.307 e. The van der Waals surface area contributed by atoms with Crippen molar-refractivity contribution in [1.82, 2.24) is 4.90 Å². The number of carbonyl (C=O) groups is 1. The highest BCUT2D eigenvalue weighted by Crippen LogP contribution is 2.06. The van der Waals surface area contributed by atoms with Gasteiger partial charge in [0.1, 0.15) is 0 Å². The van der Waals surface area contributed by atoms with Crippen LogP contribution >= 0.6 is 0 Å². The summed E-state index contributed by atoms with van der Waals surface area (Å²) in [5.74, 6) is -0.0597. The minimum atomic E-state index is -0.0892. The Labute approximate surface area is 100 Å². The molecule has 0 aliphatic carbocycles. The van der Waals surface area contributed by atoms with Crippen molar-refractivity contribution >= 4 is 5.97 Å². The lowest BCUT2D eigenvalue weighted by Crippen LogP contribution is -2.36. The molecule has 96 valence electrons. The third kappa shape index (κ3) is 6.83. The molecule has 3 heteroatoms.